The summed E-state index contributed by atoms with van der Waals surface area (Å²) in [6.45, 7) is 5.15. The molecule has 0 aliphatic carbocycles. The zero-order valence-corrected chi connectivity index (χ0v) is 12.0. The molecule has 0 amide bonds. The zero-order valence-electron chi connectivity index (χ0n) is 11.3. The highest BCUT2D eigenvalue weighted by Gasteiger charge is 2.36. The van der Waals surface area contributed by atoms with E-state index in [0.29, 0.717) is 5.41 Å². The van der Waals surface area contributed by atoms with E-state index in [0.717, 1.165) is 30.3 Å². The first-order chi connectivity index (χ1) is 9.27. The summed E-state index contributed by atoms with van der Waals surface area (Å²) in [6.07, 6.45) is 8.72. The molecular weight excluding hydrogens is 260 g/mol. The van der Waals surface area contributed by atoms with E-state index < -0.39 is 0 Å². The molecule has 2 aliphatic rings. The van der Waals surface area contributed by atoms with Gasteiger partial charge in [0, 0.05) is 49.3 Å². The molecule has 2 saturated heterocycles. The molecule has 4 heteroatoms. The maximum absolute atomic E-state index is 6.23. The summed E-state index contributed by atoms with van der Waals surface area (Å²) < 4.78 is 5.52. The Morgan fingerprint density at radius 3 is 2.95 bits per heavy atom. The van der Waals surface area contributed by atoms with E-state index in [9.17, 15) is 0 Å². The normalized spacial score (nSPS) is 23.6. The minimum absolute atomic E-state index is 0.491. The summed E-state index contributed by atoms with van der Waals surface area (Å²) >= 11 is 6.23. The average Bonchev–Trinajstić information content (AvgIpc) is 2.42. The van der Waals surface area contributed by atoms with Crippen molar-refractivity contribution in [3.8, 4) is 0 Å². The van der Waals surface area contributed by atoms with Crippen LogP contribution < -0.4 is 0 Å². The first kappa shape index (κ1) is 13.3. The third kappa shape index (κ3) is 3.10. The van der Waals surface area contributed by atoms with Gasteiger partial charge >= 0.3 is 0 Å². The van der Waals surface area contributed by atoms with Gasteiger partial charge < -0.3 is 4.74 Å². The molecule has 0 atom stereocenters. The summed E-state index contributed by atoms with van der Waals surface area (Å²) in [5, 5.41) is 0.835. The van der Waals surface area contributed by atoms with Crippen LogP contribution in [0.5, 0.6) is 0 Å². The topological polar surface area (TPSA) is 25.4 Å². The van der Waals surface area contributed by atoms with Crippen LogP contribution in [0, 0.1) is 5.41 Å². The van der Waals surface area contributed by atoms with Crippen molar-refractivity contribution in [3.63, 3.8) is 0 Å². The maximum Gasteiger partial charge on any atom is 0.0481 e. The Kier molecular flexibility index (Phi) is 4.06. The van der Waals surface area contributed by atoms with Crippen molar-refractivity contribution >= 4 is 11.6 Å². The van der Waals surface area contributed by atoms with Gasteiger partial charge in [-0.2, -0.15) is 0 Å². The molecule has 0 unspecified atom stereocenters. The second kappa shape index (κ2) is 5.78. The monoisotopic (exact) mass is 280 g/mol. The Hall–Kier alpha value is -0.640. The lowest BCUT2D eigenvalue weighted by Crippen LogP contribution is -2.45. The average molecular weight is 281 g/mol. The quantitative estimate of drug-likeness (QED) is 0.832. The Labute approximate surface area is 119 Å². The predicted octanol–water partition coefficient (Wildman–Crippen LogP) is 3.13. The lowest BCUT2D eigenvalue weighted by Gasteiger charge is -2.45. The van der Waals surface area contributed by atoms with Gasteiger partial charge in [-0.15, -0.1) is 0 Å². The molecule has 0 N–H and O–H groups in total. The third-order valence-corrected chi connectivity index (χ3v) is 4.90. The van der Waals surface area contributed by atoms with Gasteiger partial charge in [-0.3, -0.25) is 9.88 Å². The SMILES string of the molecule is Clc1ccncc1CN1CCCC2(CCOCC2)C1. The van der Waals surface area contributed by atoms with Gasteiger partial charge in [0.15, 0.2) is 0 Å². The first-order valence-electron chi connectivity index (χ1n) is 7.16. The van der Waals surface area contributed by atoms with Crippen LogP contribution in [0.15, 0.2) is 18.5 Å². The Morgan fingerprint density at radius 1 is 1.32 bits per heavy atom. The molecule has 2 aliphatic heterocycles. The van der Waals surface area contributed by atoms with E-state index in [4.69, 9.17) is 16.3 Å². The summed E-state index contributed by atoms with van der Waals surface area (Å²) in [7, 11) is 0. The molecule has 0 bridgehead atoms. The van der Waals surface area contributed by atoms with Crippen molar-refractivity contribution in [2.75, 3.05) is 26.3 Å². The molecule has 2 fully saturated rings. The number of pyridine rings is 1. The van der Waals surface area contributed by atoms with E-state index >= 15 is 0 Å². The molecular formula is C15H21ClN2O. The number of likely N-dealkylation sites (tertiary alicyclic amines) is 1. The molecule has 0 radical (unpaired) electrons. The van der Waals surface area contributed by atoms with E-state index in [1.807, 2.05) is 12.3 Å². The molecule has 0 aromatic carbocycles. The molecule has 19 heavy (non-hydrogen) atoms. The van der Waals surface area contributed by atoms with Crippen LogP contribution in [0.4, 0.5) is 0 Å². The van der Waals surface area contributed by atoms with E-state index in [1.54, 1.807) is 6.20 Å². The lowest BCUT2D eigenvalue weighted by atomic mass is 9.74. The van der Waals surface area contributed by atoms with Crippen molar-refractivity contribution in [3.05, 3.63) is 29.0 Å². The minimum atomic E-state index is 0.491. The van der Waals surface area contributed by atoms with Crippen molar-refractivity contribution in [2.45, 2.75) is 32.2 Å². The van der Waals surface area contributed by atoms with Gasteiger partial charge in [0.25, 0.3) is 0 Å². The molecule has 1 aromatic heterocycles. The van der Waals surface area contributed by atoms with Crippen LogP contribution in [0.2, 0.25) is 5.02 Å². The number of hydrogen-bond donors (Lipinski definition) is 0. The Morgan fingerprint density at radius 2 is 2.16 bits per heavy atom. The van der Waals surface area contributed by atoms with Crippen LogP contribution in [0.3, 0.4) is 0 Å². The number of nitrogens with zero attached hydrogens (tertiary/aromatic N) is 2. The van der Waals surface area contributed by atoms with Crippen LogP contribution in [0.25, 0.3) is 0 Å². The lowest BCUT2D eigenvalue weighted by molar-refractivity contribution is -0.0291. The predicted molar refractivity (Wildman–Crippen MR) is 76.2 cm³/mol. The largest absolute Gasteiger partial charge is 0.381 e. The molecule has 1 aromatic rings. The van der Waals surface area contributed by atoms with Gasteiger partial charge in [0.2, 0.25) is 0 Å². The fraction of sp³-hybridized carbons (Fsp3) is 0.667. The van der Waals surface area contributed by atoms with Gasteiger partial charge in [-0.25, -0.2) is 0 Å². The summed E-state index contributed by atoms with van der Waals surface area (Å²) in [6, 6.07) is 1.88. The van der Waals surface area contributed by atoms with Crippen LogP contribution in [-0.4, -0.2) is 36.2 Å². The van der Waals surface area contributed by atoms with Gasteiger partial charge in [0.05, 0.1) is 0 Å². The zero-order chi connectivity index (χ0) is 13.1. The van der Waals surface area contributed by atoms with Gasteiger partial charge in [0.1, 0.15) is 0 Å². The molecule has 3 heterocycles. The number of piperidine rings is 1. The second-order valence-electron chi connectivity index (χ2n) is 5.89. The Bertz CT molecular complexity index is 426. The summed E-state index contributed by atoms with van der Waals surface area (Å²) in [4.78, 5) is 6.72. The van der Waals surface area contributed by atoms with Crippen LogP contribution in [-0.2, 0) is 11.3 Å². The fourth-order valence-corrected chi connectivity index (χ4v) is 3.59. The highest BCUT2D eigenvalue weighted by molar-refractivity contribution is 6.31. The van der Waals surface area contributed by atoms with Crippen molar-refractivity contribution in [2.24, 2.45) is 5.41 Å². The van der Waals surface area contributed by atoms with E-state index in [2.05, 4.69) is 9.88 Å². The maximum atomic E-state index is 6.23. The van der Waals surface area contributed by atoms with Crippen molar-refractivity contribution < 1.29 is 4.74 Å². The van der Waals surface area contributed by atoms with Gasteiger partial charge in [-0.05, 0) is 43.7 Å². The number of ether oxygens (including phenoxy) is 1. The van der Waals surface area contributed by atoms with E-state index in [-0.39, 0.29) is 0 Å². The first-order valence-corrected chi connectivity index (χ1v) is 7.54. The van der Waals surface area contributed by atoms with Crippen LogP contribution in [0.1, 0.15) is 31.2 Å². The number of rotatable bonds is 2. The van der Waals surface area contributed by atoms with Gasteiger partial charge in [-0.1, -0.05) is 11.6 Å². The molecule has 3 rings (SSSR count). The highest BCUT2D eigenvalue weighted by Crippen LogP contribution is 2.39. The number of aromatic nitrogens is 1. The van der Waals surface area contributed by atoms with Crippen LogP contribution >= 0.6 is 11.6 Å². The summed E-state index contributed by atoms with van der Waals surface area (Å²) in [5.41, 5.74) is 1.64. The number of halogens is 1. The van der Waals surface area contributed by atoms with Crippen molar-refractivity contribution in [1.29, 1.82) is 0 Å². The highest BCUT2D eigenvalue weighted by atomic mass is 35.5. The smallest absolute Gasteiger partial charge is 0.0481 e. The van der Waals surface area contributed by atoms with Crippen molar-refractivity contribution in [1.82, 2.24) is 9.88 Å². The Balaban J connectivity index is 1.67. The minimum Gasteiger partial charge on any atom is -0.381 e. The molecule has 0 saturated carbocycles. The second-order valence-corrected chi connectivity index (χ2v) is 6.30. The molecule has 3 nitrogen and oxygen atoms in total. The summed E-state index contributed by atoms with van der Waals surface area (Å²) in [5.74, 6) is 0. The standard InChI is InChI=1S/C15H21ClN2O/c16-14-2-6-17-10-13(14)11-18-7-1-3-15(12-18)4-8-19-9-5-15/h2,6,10H,1,3-5,7-9,11-12H2. The number of hydrogen-bond acceptors (Lipinski definition) is 3. The molecule has 104 valence electrons. The third-order valence-electron chi connectivity index (χ3n) is 4.53. The fourth-order valence-electron chi connectivity index (χ4n) is 3.43. The molecule has 1 spiro atoms. The van der Waals surface area contributed by atoms with E-state index in [1.165, 1.54) is 38.8 Å².